The van der Waals surface area contributed by atoms with Crippen molar-refractivity contribution in [3.05, 3.63) is 34.6 Å². The molecule has 0 unspecified atom stereocenters. The van der Waals surface area contributed by atoms with Gasteiger partial charge in [0.05, 0.1) is 17.7 Å². The lowest BCUT2D eigenvalue weighted by Crippen LogP contribution is -2.19. The van der Waals surface area contributed by atoms with E-state index in [1.54, 1.807) is 19.4 Å². The van der Waals surface area contributed by atoms with E-state index in [2.05, 4.69) is 9.55 Å². The standard InChI is InChI=1S/C15H16Cl2N2O2/c1-20-14-12(8-10(16)9-13(14)17)15-18-4-5-19(15)11-2-6-21-7-3-11/h4-5,8-9,11H,2-3,6-7H2,1H3. The summed E-state index contributed by atoms with van der Waals surface area (Å²) in [5.74, 6) is 1.42. The number of aromatic nitrogens is 2. The average molecular weight is 327 g/mol. The van der Waals surface area contributed by atoms with E-state index in [-0.39, 0.29) is 0 Å². The Balaban J connectivity index is 2.07. The summed E-state index contributed by atoms with van der Waals surface area (Å²) >= 11 is 12.4. The first-order valence-corrected chi connectivity index (χ1v) is 7.60. The molecular formula is C15H16Cl2N2O2. The third kappa shape index (κ3) is 2.89. The molecule has 1 aromatic carbocycles. The van der Waals surface area contributed by atoms with E-state index in [4.69, 9.17) is 32.7 Å². The van der Waals surface area contributed by atoms with Crippen molar-refractivity contribution in [2.45, 2.75) is 18.9 Å². The number of methoxy groups -OCH3 is 1. The van der Waals surface area contributed by atoms with Crippen molar-refractivity contribution in [2.24, 2.45) is 0 Å². The van der Waals surface area contributed by atoms with Gasteiger partial charge in [-0.05, 0) is 25.0 Å². The predicted molar refractivity (Wildman–Crippen MR) is 83.3 cm³/mol. The zero-order chi connectivity index (χ0) is 14.8. The van der Waals surface area contributed by atoms with Gasteiger partial charge in [-0.1, -0.05) is 23.2 Å². The highest BCUT2D eigenvalue weighted by Gasteiger charge is 2.22. The van der Waals surface area contributed by atoms with Crippen LogP contribution >= 0.6 is 23.2 Å². The third-order valence-electron chi connectivity index (χ3n) is 3.71. The normalized spacial score (nSPS) is 16.1. The van der Waals surface area contributed by atoms with Crippen molar-refractivity contribution in [3.63, 3.8) is 0 Å². The smallest absolute Gasteiger partial charge is 0.148 e. The fraction of sp³-hybridized carbons (Fsp3) is 0.400. The summed E-state index contributed by atoms with van der Waals surface area (Å²) < 4.78 is 13.0. The summed E-state index contributed by atoms with van der Waals surface area (Å²) in [5, 5.41) is 1.05. The number of hydrogen-bond donors (Lipinski definition) is 0. The van der Waals surface area contributed by atoms with Crippen LogP contribution in [0.15, 0.2) is 24.5 Å². The van der Waals surface area contributed by atoms with Crippen LogP contribution in [0.2, 0.25) is 10.0 Å². The largest absolute Gasteiger partial charge is 0.494 e. The molecular weight excluding hydrogens is 311 g/mol. The van der Waals surface area contributed by atoms with E-state index < -0.39 is 0 Å². The van der Waals surface area contributed by atoms with Gasteiger partial charge in [0.15, 0.2) is 0 Å². The first-order valence-electron chi connectivity index (χ1n) is 6.84. The number of ether oxygens (including phenoxy) is 2. The summed E-state index contributed by atoms with van der Waals surface area (Å²) in [4.78, 5) is 4.48. The highest BCUT2D eigenvalue weighted by atomic mass is 35.5. The van der Waals surface area contributed by atoms with Gasteiger partial charge in [-0.15, -0.1) is 0 Å². The van der Waals surface area contributed by atoms with Crippen molar-refractivity contribution in [1.82, 2.24) is 9.55 Å². The highest BCUT2D eigenvalue weighted by Crippen LogP contribution is 2.39. The maximum Gasteiger partial charge on any atom is 0.148 e. The van der Waals surface area contributed by atoms with E-state index >= 15 is 0 Å². The van der Waals surface area contributed by atoms with Crippen molar-refractivity contribution in [3.8, 4) is 17.1 Å². The van der Waals surface area contributed by atoms with Gasteiger partial charge in [0.2, 0.25) is 0 Å². The second-order valence-corrected chi connectivity index (χ2v) is 5.81. The molecule has 0 saturated carbocycles. The molecule has 21 heavy (non-hydrogen) atoms. The number of halogens is 2. The minimum absolute atomic E-state index is 0.374. The van der Waals surface area contributed by atoms with E-state index in [1.807, 2.05) is 12.3 Å². The second kappa shape index (κ2) is 6.26. The van der Waals surface area contributed by atoms with Gasteiger partial charge in [-0.2, -0.15) is 0 Å². The Kier molecular flexibility index (Phi) is 4.38. The molecule has 0 spiro atoms. The molecule has 0 N–H and O–H groups in total. The summed E-state index contributed by atoms with van der Waals surface area (Å²) in [6.45, 7) is 1.55. The Morgan fingerprint density at radius 2 is 2.05 bits per heavy atom. The molecule has 4 nitrogen and oxygen atoms in total. The molecule has 1 aliphatic rings. The number of benzene rings is 1. The van der Waals surface area contributed by atoms with Crippen molar-refractivity contribution < 1.29 is 9.47 Å². The van der Waals surface area contributed by atoms with E-state index in [0.29, 0.717) is 21.8 Å². The molecule has 6 heteroatoms. The molecule has 112 valence electrons. The first-order chi connectivity index (χ1) is 10.2. The number of hydrogen-bond acceptors (Lipinski definition) is 3. The molecule has 3 rings (SSSR count). The second-order valence-electron chi connectivity index (χ2n) is 4.97. The summed E-state index contributed by atoms with van der Waals surface area (Å²) in [5.41, 5.74) is 0.812. The molecule has 1 saturated heterocycles. The van der Waals surface area contributed by atoms with Gasteiger partial charge in [0.1, 0.15) is 11.6 Å². The van der Waals surface area contributed by atoms with Crippen molar-refractivity contribution >= 4 is 23.2 Å². The van der Waals surface area contributed by atoms with E-state index in [1.165, 1.54) is 0 Å². The Hall–Kier alpha value is -1.23. The lowest BCUT2D eigenvalue weighted by Gasteiger charge is -2.25. The molecule has 0 amide bonds. The van der Waals surface area contributed by atoms with Gasteiger partial charge < -0.3 is 14.0 Å². The average Bonchev–Trinajstić information content (AvgIpc) is 2.96. The van der Waals surface area contributed by atoms with E-state index in [0.717, 1.165) is 37.4 Å². The lowest BCUT2D eigenvalue weighted by atomic mass is 10.1. The molecule has 1 aliphatic heterocycles. The predicted octanol–water partition coefficient (Wildman–Crippen LogP) is 4.22. The Morgan fingerprint density at radius 3 is 2.76 bits per heavy atom. The van der Waals surface area contributed by atoms with Crippen molar-refractivity contribution in [2.75, 3.05) is 20.3 Å². The number of imidazole rings is 1. The molecule has 0 atom stereocenters. The molecule has 1 aromatic heterocycles. The number of nitrogens with zero attached hydrogens (tertiary/aromatic N) is 2. The Labute approximate surface area is 133 Å². The monoisotopic (exact) mass is 326 g/mol. The van der Waals surface area contributed by atoms with Crippen LogP contribution in [0.1, 0.15) is 18.9 Å². The maximum absolute atomic E-state index is 6.22. The molecule has 2 heterocycles. The molecule has 0 bridgehead atoms. The van der Waals surface area contributed by atoms with Gasteiger partial charge in [0, 0.05) is 36.7 Å². The van der Waals surface area contributed by atoms with Crippen LogP contribution in [0.4, 0.5) is 0 Å². The van der Waals surface area contributed by atoms with Crippen LogP contribution < -0.4 is 4.74 Å². The molecule has 0 aliphatic carbocycles. The van der Waals surface area contributed by atoms with Crippen LogP contribution in [0.25, 0.3) is 11.4 Å². The quantitative estimate of drug-likeness (QED) is 0.847. The van der Waals surface area contributed by atoms with Crippen LogP contribution in [-0.2, 0) is 4.74 Å². The minimum Gasteiger partial charge on any atom is -0.494 e. The van der Waals surface area contributed by atoms with Gasteiger partial charge in [-0.25, -0.2) is 4.98 Å². The first kappa shape index (κ1) is 14.7. The summed E-state index contributed by atoms with van der Waals surface area (Å²) in [6.07, 6.45) is 5.72. The fourth-order valence-electron chi connectivity index (χ4n) is 2.71. The van der Waals surface area contributed by atoms with Gasteiger partial charge in [0.25, 0.3) is 0 Å². The molecule has 2 aromatic rings. The Morgan fingerprint density at radius 1 is 1.29 bits per heavy atom. The molecule has 0 radical (unpaired) electrons. The van der Waals surface area contributed by atoms with Crippen LogP contribution in [0, 0.1) is 0 Å². The van der Waals surface area contributed by atoms with Gasteiger partial charge >= 0.3 is 0 Å². The van der Waals surface area contributed by atoms with Crippen LogP contribution in [-0.4, -0.2) is 29.9 Å². The van der Waals surface area contributed by atoms with Crippen LogP contribution in [0.5, 0.6) is 5.75 Å². The van der Waals surface area contributed by atoms with E-state index in [9.17, 15) is 0 Å². The van der Waals surface area contributed by atoms with Gasteiger partial charge in [-0.3, -0.25) is 0 Å². The summed E-state index contributed by atoms with van der Waals surface area (Å²) in [7, 11) is 1.60. The maximum atomic E-state index is 6.22. The summed E-state index contributed by atoms with van der Waals surface area (Å²) in [6, 6.07) is 3.89. The third-order valence-corrected chi connectivity index (χ3v) is 4.21. The highest BCUT2D eigenvalue weighted by molar-refractivity contribution is 6.36. The minimum atomic E-state index is 0.374. The topological polar surface area (TPSA) is 36.3 Å². The lowest BCUT2D eigenvalue weighted by molar-refractivity contribution is 0.0700. The zero-order valence-corrected chi connectivity index (χ0v) is 13.2. The van der Waals surface area contributed by atoms with Crippen molar-refractivity contribution in [1.29, 1.82) is 0 Å². The number of rotatable bonds is 3. The zero-order valence-electron chi connectivity index (χ0n) is 11.7. The van der Waals surface area contributed by atoms with Crippen LogP contribution in [0.3, 0.4) is 0 Å². The SMILES string of the molecule is COc1c(Cl)cc(Cl)cc1-c1nccn1C1CCOCC1. The Bertz CT molecular complexity index is 637. The molecule has 1 fully saturated rings. The fourth-order valence-corrected chi connectivity index (χ4v) is 3.28.